The lowest BCUT2D eigenvalue weighted by atomic mass is 10.1. The molecule has 1 aliphatic rings. The largest absolute Gasteiger partial charge is 0.351 e. The lowest BCUT2D eigenvalue weighted by Crippen LogP contribution is -2.39. The number of benzene rings is 1. The van der Waals surface area contributed by atoms with Crippen LogP contribution < -0.4 is 5.73 Å². The number of hydrogen-bond donors (Lipinski definition) is 1. The van der Waals surface area contributed by atoms with Gasteiger partial charge in [0.25, 0.3) is 0 Å². The molecule has 1 aromatic heterocycles. The third-order valence-corrected chi connectivity index (χ3v) is 6.27. The molecule has 3 rings (SSSR count). The van der Waals surface area contributed by atoms with E-state index in [-0.39, 0.29) is 11.4 Å². The second kappa shape index (κ2) is 6.37. The molecule has 2 amide bonds. The molecule has 0 spiro atoms. The Morgan fingerprint density at radius 3 is 2.71 bits per heavy atom. The number of amides is 2. The van der Waals surface area contributed by atoms with Crippen molar-refractivity contribution in [3.63, 3.8) is 0 Å². The highest BCUT2D eigenvalue weighted by Crippen LogP contribution is 2.27. The highest BCUT2D eigenvalue weighted by atomic mass is 32.2. The molecule has 7 nitrogen and oxygen atoms in total. The number of carbonyl (C=O) groups is 1. The lowest BCUT2D eigenvalue weighted by Gasteiger charge is -2.21. The molecule has 2 N–H and O–H groups in total. The van der Waals surface area contributed by atoms with E-state index >= 15 is 0 Å². The number of primary amides is 1. The number of nitrogens with two attached hydrogens (primary N) is 1. The Balaban J connectivity index is 2.00. The van der Waals surface area contributed by atoms with Gasteiger partial charge in [-0.15, -0.1) is 0 Å². The van der Waals surface area contributed by atoms with E-state index < -0.39 is 16.1 Å². The van der Waals surface area contributed by atoms with E-state index in [1.54, 1.807) is 30.5 Å². The van der Waals surface area contributed by atoms with E-state index in [4.69, 9.17) is 5.73 Å². The number of hydrogen-bond acceptors (Lipinski definition) is 4. The summed E-state index contributed by atoms with van der Waals surface area (Å²) >= 11 is 0. The molecular weight excluding hydrogens is 328 g/mol. The molecule has 0 saturated carbocycles. The van der Waals surface area contributed by atoms with Crippen LogP contribution in [-0.2, 0) is 10.0 Å². The van der Waals surface area contributed by atoms with Crippen molar-refractivity contribution in [2.24, 2.45) is 5.73 Å². The maximum absolute atomic E-state index is 13.1. The molecule has 1 fully saturated rings. The van der Waals surface area contributed by atoms with Crippen LogP contribution in [0.1, 0.15) is 12.0 Å². The van der Waals surface area contributed by atoms with Crippen LogP contribution in [-0.4, -0.2) is 54.8 Å². The third kappa shape index (κ3) is 2.94. The highest BCUT2D eigenvalue weighted by Gasteiger charge is 2.29. The molecule has 24 heavy (non-hydrogen) atoms. The van der Waals surface area contributed by atoms with E-state index in [0.29, 0.717) is 37.0 Å². The Labute approximate surface area is 141 Å². The molecule has 128 valence electrons. The smallest absolute Gasteiger partial charge is 0.314 e. The maximum atomic E-state index is 13.1. The summed E-state index contributed by atoms with van der Waals surface area (Å²) in [4.78, 5) is 17.3. The number of aryl methyl sites for hydroxylation is 1. The maximum Gasteiger partial charge on any atom is 0.314 e. The number of aromatic nitrogens is 1. The summed E-state index contributed by atoms with van der Waals surface area (Å²) in [6.07, 6.45) is 2.21. The predicted molar refractivity (Wildman–Crippen MR) is 91.0 cm³/mol. The SMILES string of the molecule is Cc1ccc(S(=O)(=O)N2CCCN(C(N)=O)CC2)c2cccnc12. The fourth-order valence-corrected chi connectivity index (χ4v) is 4.66. The van der Waals surface area contributed by atoms with Gasteiger partial charge >= 0.3 is 6.03 Å². The molecule has 1 saturated heterocycles. The first-order chi connectivity index (χ1) is 11.4. The Hall–Kier alpha value is -2.19. The molecular formula is C16H20N4O3S. The standard InChI is InChI=1S/C16H20N4O3S/c1-12-5-6-14(13-4-2-7-18-15(12)13)24(22,23)20-9-3-8-19(10-11-20)16(17)21/h2,4-7H,3,8-11H2,1H3,(H2,17,21). The summed E-state index contributed by atoms with van der Waals surface area (Å²) in [5.74, 6) is 0. The monoisotopic (exact) mass is 348 g/mol. The zero-order valence-electron chi connectivity index (χ0n) is 13.5. The minimum absolute atomic E-state index is 0.237. The van der Waals surface area contributed by atoms with E-state index in [1.807, 2.05) is 6.92 Å². The van der Waals surface area contributed by atoms with E-state index in [9.17, 15) is 13.2 Å². The molecule has 8 heteroatoms. The van der Waals surface area contributed by atoms with Crippen molar-refractivity contribution in [1.29, 1.82) is 0 Å². The molecule has 2 heterocycles. The minimum atomic E-state index is -3.66. The van der Waals surface area contributed by atoms with E-state index in [1.165, 1.54) is 9.21 Å². The van der Waals surface area contributed by atoms with Gasteiger partial charge in [0.15, 0.2) is 0 Å². The molecule has 0 radical (unpaired) electrons. The fraction of sp³-hybridized carbons (Fsp3) is 0.375. The highest BCUT2D eigenvalue weighted by molar-refractivity contribution is 7.89. The summed E-state index contributed by atoms with van der Waals surface area (Å²) in [6.45, 7) is 3.28. The van der Waals surface area contributed by atoms with Gasteiger partial charge in [0.05, 0.1) is 10.4 Å². The molecule has 1 aromatic carbocycles. The van der Waals surface area contributed by atoms with Crippen LogP contribution in [0.5, 0.6) is 0 Å². The second-order valence-corrected chi connectivity index (χ2v) is 7.77. The van der Waals surface area contributed by atoms with Crippen LogP contribution >= 0.6 is 0 Å². The van der Waals surface area contributed by atoms with Gasteiger partial charge in [0.1, 0.15) is 0 Å². The Bertz CT molecular complexity index is 882. The number of carbonyl (C=O) groups excluding carboxylic acids is 1. The number of sulfonamides is 1. The Morgan fingerprint density at radius 1 is 1.17 bits per heavy atom. The van der Waals surface area contributed by atoms with Crippen molar-refractivity contribution in [3.05, 3.63) is 36.0 Å². The van der Waals surface area contributed by atoms with Gasteiger partial charge < -0.3 is 10.6 Å². The third-order valence-electron chi connectivity index (χ3n) is 4.32. The number of nitrogens with zero attached hydrogens (tertiary/aromatic N) is 3. The van der Waals surface area contributed by atoms with Crippen LogP contribution in [0.2, 0.25) is 0 Å². The number of pyridine rings is 1. The van der Waals surface area contributed by atoms with Crippen molar-refractivity contribution in [1.82, 2.24) is 14.2 Å². The van der Waals surface area contributed by atoms with Gasteiger partial charge in [-0.3, -0.25) is 4.98 Å². The van der Waals surface area contributed by atoms with Gasteiger partial charge in [-0.2, -0.15) is 4.31 Å². The van der Waals surface area contributed by atoms with Crippen LogP contribution in [0.25, 0.3) is 10.9 Å². The summed E-state index contributed by atoms with van der Waals surface area (Å²) in [5, 5.41) is 0.619. The van der Waals surface area contributed by atoms with Gasteiger partial charge in [-0.1, -0.05) is 6.07 Å². The quantitative estimate of drug-likeness (QED) is 0.885. The second-order valence-electron chi connectivity index (χ2n) is 5.86. The molecule has 0 bridgehead atoms. The zero-order chi connectivity index (χ0) is 17.3. The molecule has 1 aliphatic heterocycles. The first kappa shape index (κ1) is 16.7. The number of urea groups is 1. The minimum Gasteiger partial charge on any atom is -0.351 e. The number of fused-ring (bicyclic) bond motifs is 1. The van der Waals surface area contributed by atoms with Crippen LogP contribution in [0.4, 0.5) is 4.79 Å². The topological polar surface area (TPSA) is 96.6 Å². The average molecular weight is 348 g/mol. The molecule has 0 atom stereocenters. The molecule has 2 aromatic rings. The zero-order valence-corrected chi connectivity index (χ0v) is 14.3. The first-order valence-corrected chi connectivity index (χ1v) is 9.24. The van der Waals surface area contributed by atoms with Crippen molar-refractivity contribution in [3.8, 4) is 0 Å². The predicted octanol–water partition coefficient (Wildman–Crippen LogP) is 1.32. The van der Waals surface area contributed by atoms with E-state index in [2.05, 4.69) is 4.98 Å². The average Bonchev–Trinajstić information content (AvgIpc) is 2.82. The summed E-state index contributed by atoms with van der Waals surface area (Å²) in [6, 6.07) is 6.40. The van der Waals surface area contributed by atoms with Crippen molar-refractivity contribution < 1.29 is 13.2 Å². The number of rotatable bonds is 2. The first-order valence-electron chi connectivity index (χ1n) is 7.80. The summed E-state index contributed by atoms with van der Waals surface area (Å²) < 4.78 is 27.6. The van der Waals surface area contributed by atoms with Crippen LogP contribution in [0.15, 0.2) is 35.4 Å². The van der Waals surface area contributed by atoms with Gasteiger partial charge in [-0.25, -0.2) is 13.2 Å². The Morgan fingerprint density at radius 2 is 1.96 bits per heavy atom. The van der Waals surface area contributed by atoms with Gasteiger partial charge in [-0.05, 0) is 37.1 Å². The Kier molecular flexibility index (Phi) is 4.42. The van der Waals surface area contributed by atoms with Crippen LogP contribution in [0, 0.1) is 6.92 Å². The van der Waals surface area contributed by atoms with E-state index in [0.717, 1.165) is 5.56 Å². The summed E-state index contributed by atoms with van der Waals surface area (Å²) in [5.41, 5.74) is 6.92. The molecule has 0 aliphatic carbocycles. The summed E-state index contributed by atoms with van der Waals surface area (Å²) in [7, 11) is -3.66. The lowest BCUT2D eigenvalue weighted by molar-refractivity contribution is 0.210. The van der Waals surface area contributed by atoms with Crippen molar-refractivity contribution in [2.75, 3.05) is 26.2 Å². The molecule has 0 unspecified atom stereocenters. The van der Waals surface area contributed by atoms with Crippen LogP contribution in [0.3, 0.4) is 0 Å². The fourth-order valence-electron chi connectivity index (χ4n) is 3.01. The normalized spacial score (nSPS) is 17.0. The van der Waals surface area contributed by atoms with Gasteiger partial charge in [0.2, 0.25) is 10.0 Å². The van der Waals surface area contributed by atoms with Crippen molar-refractivity contribution in [2.45, 2.75) is 18.2 Å². The van der Waals surface area contributed by atoms with Gasteiger partial charge in [0, 0.05) is 37.8 Å². The van der Waals surface area contributed by atoms with Crippen molar-refractivity contribution >= 4 is 27.0 Å².